The fourth-order valence-corrected chi connectivity index (χ4v) is 11.6. The first-order valence-electron chi connectivity index (χ1n) is 27.2. The number of nitrogens with zero attached hydrogens (tertiary/aromatic N) is 1. The molecule has 10 rings (SSSR count). The van der Waals surface area contributed by atoms with Crippen molar-refractivity contribution in [3.05, 3.63) is 250 Å². The van der Waals surface area contributed by atoms with Crippen LogP contribution in [0, 0.1) is 34.6 Å². The highest BCUT2D eigenvalue weighted by Gasteiger charge is 2.20. The second-order valence-corrected chi connectivity index (χ2v) is 20.2. The minimum atomic E-state index is 0.799. The van der Waals surface area contributed by atoms with Crippen LogP contribution in [0.15, 0.2) is 215 Å². The molecule has 0 atom stereocenters. The lowest BCUT2D eigenvalue weighted by Gasteiger charge is -2.19. The van der Waals surface area contributed by atoms with Crippen molar-refractivity contribution in [3.63, 3.8) is 0 Å². The zero-order chi connectivity index (χ0) is 53.4. The van der Waals surface area contributed by atoms with Crippen molar-refractivity contribution >= 4 is 35.3 Å². The predicted molar refractivity (Wildman–Crippen MR) is 334 cm³/mol. The first kappa shape index (κ1) is 55.5. The summed E-state index contributed by atoms with van der Waals surface area (Å²) in [6.45, 7) is 27.7. The number of rotatable bonds is 11. The van der Waals surface area contributed by atoms with Crippen LogP contribution in [-0.4, -0.2) is 6.72 Å². The normalized spacial score (nSPS) is 12.7. The van der Waals surface area contributed by atoms with Crippen LogP contribution < -0.4 is 0 Å². The first-order valence-corrected chi connectivity index (χ1v) is 28.2. The van der Waals surface area contributed by atoms with E-state index in [2.05, 4.69) is 231 Å². The Kier molecular flexibility index (Phi) is 19.8. The molecule has 1 nitrogen and oxygen atoms in total. The molecule has 2 aliphatic carbocycles. The zero-order valence-electron chi connectivity index (χ0n) is 46.6. The van der Waals surface area contributed by atoms with Crippen molar-refractivity contribution in [2.24, 2.45) is 4.99 Å². The standard InChI is InChI=1S/C62H57NS.C7H8.2C2H6/c1-40-16-8-11-19-51(40)56-24-14-22-54(44(56)5)47-28-32-49(33-29-47)58-36-37-59(50-34-30-48(31-35-50)55-23-15-25-57(45(55)6)52-20-12-9-17-41(52)2)62(61(58)63-7)64-39-46-27-26-43(4)60(38-46)53-21-13-10-18-42(53)3;1-7-5-3-2-4-6-7;2*1-2/h8-10,13-18,21-38H,7,11-12,19-20,39H2,1-6H3;2-6H,1H3;2*1-2H3. The smallest absolute Gasteiger partial charge is 0.0842 e. The molecule has 0 bridgehead atoms. The van der Waals surface area contributed by atoms with Gasteiger partial charge >= 0.3 is 0 Å². The molecule has 0 amide bonds. The number of benzene rings is 8. The van der Waals surface area contributed by atoms with E-state index in [4.69, 9.17) is 4.99 Å². The van der Waals surface area contributed by atoms with Crippen LogP contribution in [0.4, 0.5) is 5.69 Å². The van der Waals surface area contributed by atoms with Crippen LogP contribution in [0.3, 0.4) is 0 Å². The third kappa shape index (κ3) is 13.0. The molecule has 0 heterocycles. The van der Waals surface area contributed by atoms with Gasteiger partial charge in [0.15, 0.2) is 0 Å². The summed E-state index contributed by atoms with van der Waals surface area (Å²) in [6.07, 6.45) is 13.5. The number of aliphatic imine (C=N–C) groups is 1. The van der Waals surface area contributed by atoms with E-state index < -0.39 is 0 Å². The summed E-state index contributed by atoms with van der Waals surface area (Å²) in [4.78, 5) is 5.99. The van der Waals surface area contributed by atoms with Crippen molar-refractivity contribution in [2.75, 3.05) is 0 Å². The van der Waals surface area contributed by atoms with Gasteiger partial charge in [-0.2, -0.15) is 0 Å². The Labute approximate surface area is 455 Å². The SMILES string of the molecule is C=Nc1c(-c2ccc(-c3cccc(C4=C(C)C=CCC4)c3C)cc2)ccc(-c2ccc(-c3cccc(C4=C(C)C=CCC4)c3C)cc2)c1SCc1ccc(C)c(-c2ccccc2C)c1.CC.CC.Cc1ccccc1. The number of hydrogen-bond donors (Lipinski definition) is 0. The summed E-state index contributed by atoms with van der Waals surface area (Å²) in [7, 11) is 0. The summed E-state index contributed by atoms with van der Waals surface area (Å²) in [6, 6.07) is 62.2. The van der Waals surface area contributed by atoms with Crippen molar-refractivity contribution in [2.45, 2.75) is 112 Å². The van der Waals surface area contributed by atoms with Crippen LogP contribution >= 0.6 is 11.8 Å². The average molecular weight is 1000 g/mol. The molecule has 75 heavy (non-hydrogen) atoms. The van der Waals surface area contributed by atoms with Gasteiger partial charge in [0.1, 0.15) is 0 Å². The van der Waals surface area contributed by atoms with Gasteiger partial charge in [-0.1, -0.05) is 227 Å². The van der Waals surface area contributed by atoms with Gasteiger partial charge < -0.3 is 0 Å². The molecule has 2 heteroatoms. The Bertz CT molecular complexity index is 3360. The van der Waals surface area contributed by atoms with Gasteiger partial charge in [-0.25, -0.2) is 0 Å². The third-order valence-electron chi connectivity index (χ3n) is 14.5. The van der Waals surface area contributed by atoms with E-state index in [0.29, 0.717) is 0 Å². The summed E-state index contributed by atoms with van der Waals surface area (Å²) in [5.74, 6) is 0.799. The van der Waals surface area contributed by atoms with Gasteiger partial charge in [0, 0.05) is 16.2 Å². The Balaban J connectivity index is 0.000000676. The Hall–Kier alpha value is -7.26. The quantitative estimate of drug-likeness (QED) is 0.0929. The molecule has 0 saturated carbocycles. The maximum Gasteiger partial charge on any atom is 0.0842 e. The summed E-state index contributed by atoms with van der Waals surface area (Å²) < 4.78 is 0. The van der Waals surface area contributed by atoms with Gasteiger partial charge in [-0.05, 0) is 192 Å². The highest BCUT2D eigenvalue weighted by molar-refractivity contribution is 7.98. The molecular weight excluding hydrogens is 923 g/mol. The number of hydrogen-bond acceptors (Lipinski definition) is 2. The van der Waals surface area contributed by atoms with Gasteiger partial charge in [-0.15, -0.1) is 11.8 Å². The van der Waals surface area contributed by atoms with E-state index in [1.54, 1.807) is 0 Å². The molecule has 0 fully saturated rings. The molecule has 380 valence electrons. The van der Waals surface area contributed by atoms with E-state index >= 15 is 0 Å². The summed E-state index contributed by atoms with van der Waals surface area (Å²) in [5, 5.41) is 0. The lowest BCUT2D eigenvalue weighted by Crippen LogP contribution is -1.97. The number of allylic oxidation sites excluding steroid dienone is 8. The highest BCUT2D eigenvalue weighted by Crippen LogP contribution is 2.47. The fourth-order valence-electron chi connectivity index (χ4n) is 10.4. The van der Waals surface area contributed by atoms with E-state index in [-0.39, 0.29) is 0 Å². The molecule has 8 aromatic carbocycles. The molecule has 0 N–H and O–H groups in total. The van der Waals surface area contributed by atoms with Crippen LogP contribution in [0.25, 0.3) is 66.8 Å². The second kappa shape index (κ2) is 26.8. The summed E-state index contributed by atoms with van der Waals surface area (Å²) >= 11 is 1.85. The molecule has 8 aromatic rings. The van der Waals surface area contributed by atoms with E-state index in [1.165, 1.54) is 111 Å². The molecule has 2 aliphatic rings. The molecule has 0 unspecified atom stereocenters. The van der Waals surface area contributed by atoms with Crippen molar-refractivity contribution in [3.8, 4) is 55.6 Å². The van der Waals surface area contributed by atoms with Gasteiger partial charge in [0.05, 0.1) is 5.69 Å². The Morgan fingerprint density at radius 3 is 1.33 bits per heavy atom. The number of aryl methyl sites for hydroxylation is 3. The Morgan fingerprint density at radius 2 is 0.853 bits per heavy atom. The second-order valence-electron chi connectivity index (χ2n) is 19.2. The van der Waals surface area contributed by atoms with E-state index in [1.807, 2.05) is 57.7 Å². The van der Waals surface area contributed by atoms with E-state index in [0.717, 1.165) is 53.1 Å². The van der Waals surface area contributed by atoms with Crippen LogP contribution in [0.1, 0.15) is 112 Å². The lowest BCUT2D eigenvalue weighted by molar-refractivity contribution is 1.03. The number of thioether (sulfide) groups is 1. The summed E-state index contributed by atoms with van der Waals surface area (Å²) in [5.41, 5.74) is 29.3. The lowest BCUT2D eigenvalue weighted by atomic mass is 9.86. The van der Waals surface area contributed by atoms with E-state index in [9.17, 15) is 0 Å². The minimum absolute atomic E-state index is 0.799. The molecular formula is C73H77NS. The molecule has 0 spiro atoms. The van der Waals surface area contributed by atoms with Crippen molar-refractivity contribution < 1.29 is 0 Å². The maximum absolute atomic E-state index is 4.85. The van der Waals surface area contributed by atoms with Gasteiger partial charge in [0.2, 0.25) is 0 Å². The molecule has 0 aliphatic heterocycles. The third-order valence-corrected chi connectivity index (χ3v) is 15.7. The zero-order valence-corrected chi connectivity index (χ0v) is 47.4. The fraction of sp³-hybridized carbons (Fsp3) is 0.219. The highest BCUT2D eigenvalue weighted by atomic mass is 32.2. The van der Waals surface area contributed by atoms with Gasteiger partial charge in [-0.3, -0.25) is 4.99 Å². The maximum atomic E-state index is 4.85. The predicted octanol–water partition coefficient (Wildman–Crippen LogP) is 22.2. The monoisotopic (exact) mass is 1000 g/mol. The van der Waals surface area contributed by atoms with Crippen LogP contribution in [0.2, 0.25) is 0 Å². The van der Waals surface area contributed by atoms with Crippen molar-refractivity contribution in [1.29, 1.82) is 0 Å². The molecule has 0 aromatic heterocycles. The van der Waals surface area contributed by atoms with Crippen LogP contribution in [-0.2, 0) is 5.75 Å². The minimum Gasteiger partial charge on any atom is -0.263 e. The van der Waals surface area contributed by atoms with Crippen LogP contribution in [0.5, 0.6) is 0 Å². The Morgan fingerprint density at radius 1 is 0.413 bits per heavy atom. The van der Waals surface area contributed by atoms with Gasteiger partial charge in [0.25, 0.3) is 0 Å². The van der Waals surface area contributed by atoms with Crippen molar-refractivity contribution in [1.82, 2.24) is 0 Å². The average Bonchev–Trinajstić information content (AvgIpc) is 3.45. The molecule has 0 radical (unpaired) electrons. The topological polar surface area (TPSA) is 12.4 Å². The molecule has 0 saturated heterocycles. The largest absolute Gasteiger partial charge is 0.263 e. The first-order chi connectivity index (χ1) is 36.6.